The third kappa shape index (κ3) is 6.89. The summed E-state index contributed by atoms with van der Waals surface area (Å²) in [7, 11) is 0. The molecule has 1 aliphatic rings. The number of amides is 2. The van der Waals surface area contributed by atoms with Gasteiger partial charge < -0.3 is 25.2 Å². The number of hydrogen-bond acceptors (Lipinski definition) is 5. The molecule has 0 radical (unpaired) electrons. The van der Waals surface area contributed by atoms with E-state index >= 15 is 0 Å². The molecule has 0 heterocycles. The van der Waals surface area contributed by atoms with Crippen LogP contribution in [0.5, 0.6) is 0 Å². The van der Waals surface area contributed by atoms with Gasteiger partial charge in [-0.25, -0.2) is 9.59 Å². The average molecular weight is 511 g/mol. The fourth-order valence-electron chi connectivity index (χ4n) is 4.71. The molecule has 2 amide bonds. The highest BCUT2D eigenvalue weighted by molar-refractivity contribution is 5.90. The van der Waals surface area contributed by atoms with E-state index in [0.717, 1.165) is 22.3 Å². The van der Waals surface area contributed by atoms with Crippen LogP contribution in [0.4, 0.5) is 4.79 Å². The lowest BCUT2D eigenvalue weighted by molar-refractivity contribution is -0.145. The third-order valence-corrected chi connectivity index (χ3v) is 6.69. The Morgan fingerprint density at radius 1 is 0.919 bits per heavy atom. The third-order valence-electron chi connectivity index (χ3n) is 6.69. The first-order valence-corrected chi connectivity index (χ1v) is 12.8. The van der Waals surface area contributed by atoms with Gasteiger partial charge in [0.15, 0.2) is 0 Å². The molecule has 200 valence electrons. The summed E-state index contributed by atoms with van der Waals surface area (Å²) in [6, 6.07) is 13.8. The zero-order chi connectivity index (χ0) is 27.3. The Bertz CT molecular complexity index is 1080. The molecule has 0 aromatic heterocycles. The molecule has 8 nitrogen and oxygen atoms in total. The summed E-state index contributed by atoms with van der Waals surface area (Å²) in [5.74, 6) is -2.20. The van der Waals surface area contributed by atoms with Crippen LogP contribution in [0.15, 0.2) is 48.5 Å². The number of fused-ring (bicyclic) bond motifs is 3. The molecule has 37 heavy (non-hydrogen) atoms. The normalized spacial score (nSPS) is 16.1. The van der Waals surface area contributed by atoms with Crippen molar-refractivity contribution in [3.63, 3.8) is 0 Å². The van der Waals surface area contributed by atoms with Crippen LogP contribution in [0.1, 0.15) is 65.0 Å². The second kappa shape index (κ2) is 11.8. The van der Waals surface area contributed by atoms with Crippen LogP contribution in [0.2, 0.25) is 0 Å². The minimum Gasteiger partial charge on any atom is -0.480 e. The molecule has 3 N–H and O–H groups in total. The molecule has 0 aliphatic heterocycles. The molecule has 2 aromatic rings. The van der Waals surface area contributed by atoms with Crippen molar-refractivity contribution in [1.82, 2.24) is 10.6 Å². The highest BCUT2D eigenvalue weighted by Crippen LogP contribution is 2.44. The molecule has 4 atom stereocenters. The number of carbonyl (C=O) groups is 3. The molecule has 0 bridgehead atoms. The van der Waals surface area contributed by atoms with Gasteiger partial charge in [-0.15, -0.1) is 0 Å². The van der Waals surface area contributed by atoms with E-state index in [9.17, 15) is 19.5 Å². The first-order chi connectivity index (χ1) is 17.4. The molecular formula is C29H38N2O6. The summed E-state index contributed by atoms with van der Waals surface area (Å²) in [5, 5.41) is 14.8. The number of carboxylic acid groups (broad SMARTS) is 1. The van der Waals surface area contributed by atoms with Crippen molar-refractivity contribution >= 4 is 18.0 Å². The maximum absolute atomic E-state index is 13.2. The SMILES string of the molecule is CC[C@H](C)[C@H](NC(=O)[C@@H](NC(=O)OCC1c2ccccc2-c2ccccc21)[C@@H](C)OC(C)(C)C)C(=O)O. The second-order valence-corrected chi connectivity index (χ2v) is 10.6. The van der Waals surface area contributed by atoms with E-state index in [0.29, 0.717) is 6.42 Å². The number of benzene rings is 2. The van der Waals surface area contributed by atoms with Crippen molar-refractivity contribution in [1.29, 1.82) is 0 Å². The first-order valence-electron chi connectivity index (χ1n) is 12.8. The molecule has 0 unspecified atom stereocenters. The largest absolute Gasteiger partial charge is 0.480 e. The number of rotatable bonds is 10. The van der Waals surface area contributed by atoms with Crippen LogP contribution in [0.25, 0.3) is 11.1 Å². The van der Waals surface area contributed by atoms with Crippen LogP contribution in [0, 0.1) is 5.92 Å². The maximum atomic E-state index is 13.2. The Morgan fingerprint density at radius 2 is 1.46 bits per heavy atom. The molecule has 0 spiro atoms. The van der Waals surface area contributed by atoms with Gasteiger partial charge in [-0.05, 0) is 55.9 Å². The van der Waals surface area contributed by atoms with Crippen molar-refractivity contribution in [3.8, 4) is 11.1 Å². The minimum atomic E-state index is -1.15. The molecule has 0 saturated carbocycles. The lowest BCUT2D eigenvalue weighted by Crippen LogP contribution is -2.58. The van der Waals surface area contributed by atoms with Crippen molar-refractivity contribution < 1.29 is 29.0 Å². The zero-order valence-corrected chi connectivity index (χ0v) is 22.4. The van der Waals surface area contributed by atoms with Gasteiger partial charge in [0.25, 0.3) is 0 Å². The lowest BCUT2D eigenvalue weighted by Gasteiger charge is -2.31. The van der Waals surface area contributed by atoms with E-state index in [-0.39, 0.29) is 18.4 Å². The summed E-state index contributed by atoms with van der Waals surface area (Å²) in [6.07, 6.45) is -0.955. The molecule has 1 aliphatic carbocycles. The lowest BCUT2D eigenvalue weighted by atomic mass is 9.98. The van der Waals surface area contributed by atoms with E-state index in [1.54, 1.807) is 13.8 Å². The highest BCUT2D eigenvalue weighted by Gasteiger charge is 2.35. The predicted octanol–water partition coefficient (Wildman–Crippen LogP) is 4.71. The van der Waals surface area contributed by atoms with Gasteiger partial charge in [-0.2, -0.15) is 0 Å². The Kier molecular flexibility index (Phi) is 8.97. The van der Waals surface area contributed by atoms with E-state index in [4.69, 9.17) is 9.47 Å². The predicted molar refractivity (Wildman–Crippen MR) is 141 cm³/mol. The standard InChI is InChI=1S/C29H38N2O6/c1-7-17(2)24(27(33)34)30-26(32)25(18(3)37-29(4,5)6)31-28(35)36-16-23-21-14-10-8-12-19(21)20-13-9-11-15-22(20)23/h8-15,17-18,23-25H,7,16H2,1-6H3,(H,30,32)(H,31,35)(H,33,34)/t17-,18+,24-,25-/m0/s1. The van der Waals surface area contributed by atoms with Gasteiger partial charge in [0.1, 0.15) is 18.7 Å². The van der Waals surface area contributed by atoms with Crippen molar-refractivity contribution in [2.45, 2.75) is 77.7 Å². The van der Waals surface area contributed by atoms with Gasteiger partial charge in [0.05, 0.1) is 11.7 Å². The van der Waals surface area contributed by atoms with Gasteiger partial charge in [0.2, 0.25) is 5.91 Å². The number of alkyl carbamates (subject to hydrolysis) is 1. The fourth-order valence-corrected chi connectivity index (χ4v) is 4.71. The van der Waals surface area contributed by atoms with Gasteiger partial charge in [-0.3, -0.25) is 4.79 Å². The summed E-state index contributed by atoms with van der Waals surface area (Å²) in [5.41, 5.74) is 3.78. The van der Waals surface area contributed by atoms with Crippen LogP contribution in [-0.2, 0) is 19.1 Å². The molecule has 8 heteroatoms. The Morgan fingerprint density at radius 3 is 1.95 bits per heavy atom. The van der Waals surface area contributed by atoms with Gasteiger partial charge in [0, 0.05) is 5.92 Å². The van der Waals surface area contributed by atoms with Crippen molar-refractivity contribution in [2.24, 2.45) is 5.92 Å². The number of carboxylic acids is 1. The smallest absolute Gasteiger partial charge is 0.407 e. The second-order valence-electron chi connectivity index (χ2n) is 10.6. The summed E-state index contributed by atoms with van der Waals surface area (Å²) >= 11 is 0. The first kappa shape index (κ1) is 28.2. The molecular weight excluding hydrogens is 472 g/mol. The molecule has 0 saturated heterocycles. The van der Waals surface area contributed by atoms with E-state index in [1.807, 2.05) is 64.1 Å². The number of aliphatic carboxylic acids is 1. The number of nitrogens with one attached hydrogen (secondary N) is 2. The fraction of sp³-hybridized carbons (Fsp3) is 0.483. The average Bonchev–Trinajstić information content (AvgIpc) is 3.16. The topological polar surface area (TPSA) is 114 Å². The van der Waals surface area contributed by atoms with Crippen LogP contribution >= 0.6 is 0 Å². The van der Waals surface area contributed by atoms with Gasteiger partial charge in [-0.1, -0.05) is 68.8 Å². The van der Waals surface area contributed by atoms with Gasteiger partial charge >= 0.3 is 12.1 Å². The molecule has 0 fully saturated rings. The zero-order valence-electron chi connectivity index (χ0n) is 22.4. The number of hydrogen-bond donors (Lipinski definition) is 3. The van der Waals surface area contributed by atoms with E-state index in [1.165, 1.54) is 0 Å². The van der Waals surface area contributed by atoms with Crippen LogP contribution < -0.4 is 10.6 Å². The van der Waals surface area contributed by atoms with E-state index in [2.05, 4.69) is 22.8 Å². The minimum absolute atomic E-state index is 0.0906. The van der Waals surface area contributed by atoms with Crippen molar-refractivity contribution in [2.75, 3.05) is 6.61 Å². The highest BCUT2D eigenvalue weighted by atomic mass is 16.6. The summed E-state index contributed by atoms with van der Waals surface area (Å²) in [6.45, 7) is 10.9. The van der Waals surface area contributed by atoms with E-state index < -0.39 is 41.8 Å². The maximum Gasteiger partial charge on any atom is 0.407 e. The van der Waals surface area contributed by atoms with Crippen LogP contribution in [-0.4, -0.2) is 53.5 Å². The van der Waals surface area contributed by atoms with Crippen molar-refractivity contribution in [3.05, 3.63) is 59.7 Å². The quantitative estimate of drug-likeness (QED) is 0.426. The van der Waals surface area contributed by atoms with Crippen LogP contribution in [0.3, 0.4) is 0 Å². The Hall–Kier alpha value is -3.39. The number of ether oxygens (including phenoxy) is 2. The Balaban J connectivity index is 1.75. The summed E-state index contributed by atoms with van der Waals surface area (Å²) in [4.78, 5) is 37.9. The molecule has 3 rings (SSSR count). The number of carbonyl (C=O) groups excluding carboxylic acids is 2. The molecule has 2 aromatic carbocycles. The summed E-state index contributed by atoms with van der Waals surface area (Å²) < 4.78 is 11.6. The Labute approximate surface area is 218 Å². The monoisotopic (exact) mass is 510 g/mol.